The van der Waals surface area contributed by atoms with E-state index in [0.29, 0.717) is 25.3 Å². The van der Waals surface area contributed by atoms with Crippen LogP contribution in [-0.4, -0.2) is 57.6 Å². The third-order valence-electron chi connectivity index (χ3n) is 5.19. The van der Waals surface area contributed by atoms with Crippen LogP contribution in [0.3, 0.4) is 0 Å². The molecule has 2 aromatic carbocycles. The molecule has 0 spiro atoms. The molecule has 0 aromatic heterocycles. The molecule has 7 heteroatoms. The molecule has 0 bridgehead atoms. The lowest BCUT2D eigenvalue weighted by Gasteiger charge is -2.28. The normalized spacial score (nSPS) is 18.8. The van der Waals surface area contributed by atoms with Gasteiger partial charge in [-0.05, 0) is 36.2 Å². The number of halogens is 1. The Morgan fingerprint density at radius 1 is 0.828 bits per heavy atom. The van der Waals surface area contributed by atoms with Crippen LogP contribution in [0.5, 0.6) is 0 Å². The zero-order chi connectivity index (χ0) is 20.5. The number of carbonyl (C=O) groups excluding carboxylic acids is 2. The van der Waals surface area contributed by atoms with Crippen LogP contribution in [0.4, 0.5) is 10.1 Å². The van der Waals surface area contributed by atoms with Gasteiger partial charge in [0.05, 0.1) is 0 Å². The summed E-state index contributed by atoms with van der Waals surface area (Å²) in [5.41, 5.74) is 1.82. The van der Waals surface area contributed by atoms with E-state index in [4.69, 9.17) is 0 Å². The quantitative estimate of drug-likeness (QED) is 0.455. The molecule has 1 aliphatic rings. The molecule has 1 fully saturated rings. The highest BCUT2D eigenvalue weighted by Gasteiger charge is 2.26. The summed E-state index contributed by atoms with van der Waals surface area (Å²) in [5.74, 6) is -0.320. The minimum atomic E-state index is -0.322. The fourth-order valence-corrected chi connectivity index (χ4v) is 3.56. The van der Waals surface area contributed by atoms with Gasteiger partial charge in [-0.2, -0.15) is 0 Å². The van der Waals surface area contributed by atoms with E-state index in [-0.39, 0.29) is 17.6 Å². The summed E-state index contributed by atoms with van der Waals surface area (Å²) in [7, 11) is 0. The topological polar surface area (TPSA) is 67.1 Å². The Hall–Kier alpha value is -2.77. The van der Waals surface area contributed by atoms with Crippen LogP contribution in [-0.2, 0) is 16.0 Å². The van der Waals surface area contributed by atoms with E-state index >= 15 is 0 Å². The van der Waals surface area contributed by atoms with Gasteiger partial charge in [0.25, 0.3) is 11.8 Å². The minimum absolute atomic E-state index is 0.0753. The standard InChI is InChI=1S/C22H27FN4O2/c23-19-6-8-20(9-7-19)25-22(29)17-27-14-12-26(13-15-27)16-21(28)24-11-10-18-4-2-1-3-5-18/h1-9H,10-17H2,(H,24,28)(H,25,29)/p+2. The molecule has 6 nitrogen and oxygen atoms in total. The molecule has 0 radical (unpaired) electrons. The summed E-state index contributed by atoms with van der Waals surface area (Å²) >= 11 is 0. The number of nitrogens with one attached hydrogen (secondary N) is 4. The lowest BCUT2D eigenvalue weighted by molar-refractivity contribution is -1.00. The first-order valence-electron chi connectivity index (χ1n) is 10.1. The van der Waals surface area contributed by atoms with Crippen molar-refractivity contribution in [2.24, 2.45) is 0 Å². The summed E-state index contributed by atoms with van der Waals surface area (Å²) in [4.78, 5) is 26.8. The molecule has 154 valence electrons. The van der Waals surface area contributed by atoms with Crippen LogP contribution >= 0.6 is 0 Å². The average molecular weight is 400 g/mol. The van der Waals surface area contributed by atoms with Crippen molar-refractivity contribution in [1.82, 2.24) is 5.32 Å². The first-order chi connectivity index (χ1) is 14.1. The summed E-state index contributed by atoms with van der Waals surface area (Å²) in [6, 6.07) is 15.9. The summed E-state index contributed by atoms with van der Waals surface area (Å²) in [6.07, 6.45) is 0.836. The highest BCUT2D eigenvalue weighted by Crippen LogP contribution is 2.07. The van der Waals surface area contributed by atoms with Gasteiger partial charge in [0.1, 0.15) is 32.0 Å². The second-order valence-electron chi connectivity index (χ2n) is 7.49. The van der Waals surface area contributed by atoms with Crippen LogP contribution in [0.15, 0.2) is 54.6 Å². The third-order valence-corrected chi connectivity index (χ3v) is 5.19. The average Bonchev–Trinajstić information content (AvgIpc) is 2.72. The van der Waals surface area contributed by atoms with Crippen molar-refractivity contribution < 1.29 is 23.8 Å². The van der Waals surface area contributed by atoms with E-state index in [2.05, 4.69) is 22.8 Å². The molecule has 1 saturated heterocycles. The Morgan fingerprint density at radius 3 is 2.03 bits per heavy atom. The van der Waals surface area contributed by atoms with Crippen molar-refractivity contribution in [1.29, 1.82) is 0 Å². The van der Waals surface area contributed by atoms with Crippen LogP contribution in [0, 0.1) is 5.82 Å². The predicted molar refractivity (Wildman–Crippen MR) is 109 cm³/mol. The van der Waals surface area contributed by atoms with Crippen molar-refractivity contribution in [2.45, 2.75) is 6.42 Å². The van der Waals surface area contributed by atoms with Gasteiger partial charge in [-0.15, -0.1) is 0 Å². The highest BCUT2D eigenvalue weighted by atomic mass is 19.1. The number of carbonyl (C=O) groups is 2. The SMILES string of the molecule is O=C(C[NH+]1CC[NH+](CC(=O)Nc2ccc(F)cc2)CC1)NCCc1ccccc1. The summed E-state index contributed by atoms with van der Waals surface area (Å²) < 4.78 is 12.9. The maximum atomic E-state index is 12.9. The van der Waals surface area contributed by atoms with Gasteiger partial charge in [-0.3, -0.25) is 9.59 Å². The molecule has 0 saturated carbocycles. The summed E-state index contributed by atoms with van der Waals surface area (Å²) in [5, 5.41) is 5.79. The van der Waals surface area contributed by atoms with Crippen molar-refractivity contribution in [3.05, 3.63) is 66.0 Å². The second kappa shape index (κ2) is 10.7. The van der Waals surface area contributed by atoms with Gasteiger partial charge in [-0.1, -0.05) is 30.3 Å². The van der Waals surface area contributed by atoms with Crippen molar-refractivity contribution in [2.75, 3.05) is 51.1 Å². The van der Waals surface area contributed by atoms with E-state index in [1.807, 2.05) is 18.2 Å². The molecular weight excluding hydrogens is 371 g/mol. The Morgan fingerprint density at radius 2 is 1.41 bits per heavy atom. The van der Waals surface area contributed by atoms with Crippen LogP contribution in [0.2, 0.25) is 0 Å². The molecule has 2 amide bonds. The lowest BCUT2D eigenvalue weighted by atomic mass is 10.1. The van der Waals surface area contributed by atoms with Gasteiger partial charge in [0, 0.05) is 12.2 Å². The van der Waals surface area contributed by atoms with Crippen LogP contribution < -0.4 is 20.4 Å². The zero-order valence-electron chi connectivity index (χ0n) is 16.5. The number of amides is 2. The highest BCUT2D eigenvalue weighted by molar-refractivity contribution is 5.91. The van der Waals surface area contributed by atoms with Gasteiger partial charge in [0.15, 0.2) is 13.1 Å². The Kier molecular flexibility index (Phi) is 7.72. The predicted octanol–water partition coefficient (Wildman–Crippen LogP) is -1.09. The van der Waals surface area contributed by atoms with Crippen molar-refractivity contribution in [3.63, 3.8) is 0 Å². The molecule has 1 aliphatic heterocycles. The van der Waals surface area contributed by atoms with E-state index in [0.717, 1.165) is 32.6 Å². The zero-order valence-corrected chi connectivity index (χ0v) is 16.5. The Labute approximate surface area is 170 Å². The number of hydrogen-bond donors (Lipinski definition) is 4. The van der Waals surface area contributed by atoms with E-state index in [1.165, 1.54) is 27.5 Å². The molecule has 29 heavy (non-hydrogen) atoms. The van der Waals surface area contributed by atoms with Crippen LogP contribution in [0.25, 0.3) is 0 Å². The molecule has 2 aromatic rings. The molecule has 3 rings (SSSR count). The van der Waals surface area contributed by atoms with Crippen molar-refractivity contribution in [3.8, 4) is 0 Å². The number of quaternary nitrogens is 2. The maximum absolute atomic E-state index is 12.9. The molecular formula is C22H29FN4O2+2. The fourth-order valence-electron chi connectivity index (χ4n) is 3.56. The van der Waals surface area contributed by atoms with Gasteiger partial charge < -0.3 is 20.4 Å². The van der Waals surface area contributed by atoms with Crippen LogP contribution in [0.1, 0.15) is 5.56 Å². The monoisotopic (exact) mass is 400 g/mol. The first-order valence-corrected chi connectivity index (χ1v) is 10.1. The van der Waals surface area contributed by atoms with Gasteiger partial charge in [0.2, 0.25) is 0 Å². The first kappa shape index (κ1) is 21.0. The molecule has 0 aliphatic carbocycles. The molecule has 0 unspecified atom stereocenters. The van der Waals surface area contributed by atoms with Gasteiger partial charge >= 0.3 is 0 Å². The summed E-state index contributed by atoms with van der Waals surface area (Å²) in [6.45, 7) is 4.94. The third kappa shape index (κ3) is 7.29. The number of rotatable bonds is 8. The fraction of sp³-hybridized carbons (Fsp3) is 0.364. The molecule has 4 N–H and O–H groups in total. The number of benzene rings is 2. The maximum Gasteiger partial charge on any atom is 0.279 e. The molecule has 1 heterocycles. The van der Waals surface area contributed by atoms with E-state index in [1.54, 1.807) is 12.1 Å². The van der Waals surface area contributed by atoms with Crippen molar-refractivity contribution >= 4 is 17.5 Å². The largest absolute Gasteiger partial charge is 0.351 e. The Bertz CT molecular complexity index is 790. The minimum Gasteiger partial charge on any atom is -0.351 e. The Balaban J connectivity index is 1.31. The second-order valence-corrected chi connectivity index (χ2v) is 7.49. The molecule has 0 atom stereocenters. The van der Waals surface area contributed by atoms with E-state index < -0.39 is 0 Å². The number of hydrogen-bond acceptors (Lipinski definition) is 2. The van der Waals surface area contributed by atoms with Gasteiger partial charge in [-0.25, -0.2) is 4.39 Å². The number of piperazine rings is 1. The number of anilines is 1. The lowest BCUT2D eigenvalue weighted by Crippen LogP contribution is -3.28. The van der Waals surface area contributed by atoms with E-state index in [9.17, 15) is 14.0 Å². The smallest absolute Gasteiger partial charge is 0.279 e.